The minimum absolute atomic E-state index is 0.0590. The van der Waals surface area contributed by atoms with Gasteiger partial charge in [0.1, 0.15) is 0 Å². The third-order valence-electron chi connectivity index (χ3n) is 6.07. The van der Waals surface area contributed by atoms with Crippen molar-refractivity contribution in [3.8, 4) is 0 Å². The van der Waals surface area contributed by atoms with Crippen LogP contribution in [0.5, 0.6) is 0 Å². The molecule has 2 aromatic carbocycles. The van der Waals surface area contributed by atoms with E-state index in [-0.39, 0.29) is 21.6 Å². The van der Waals surface area contributed by atoms with Crippen LogP contribution in [0.4, 0.5) is 0 Å². The van der Waals surface area contributed by atoms with E-state index in [9.17, 15) is 13.2 Å². The Morgan fingerprint density at radius 1 is 1.20 bits per heavy atom. The highest BCUT2D eigenvalue weighted by atomic mass is 32.2. The molecule has 1 aliphatic rings. The van der Waals surface area contributed by atoms with Crippen LogP contribution >= 0.6 is 0 Å². The molecule has 0 aliphatic carbocycles. The molecule has 1 saturated heterocycles. The number of sulfone groups is 1. The Hall–Kier alpha value is -2.70. The molecule has 1 N–H and O–H groups in total. The maximum Gasteiger partial charge on any atom is 0.227 e. The van der Waals surface area contributed by atoms with Gasteiger partial charge >= 0.3 is 0 Å². The summed E-state index contributed by atoms with van der Waals surface area (Å²) >= 11 is 0. The number of carbonyl (C=O) groups is 1. The lowest BCUT2D eigenvalue weighted by molar-refractivity contribution is 0.0941. The lowest BCUT2D eigenvalue weighted by Gasteiger charge is -2.19. The summed E-state index contributed by atoms with van der Waals surface area (Å²) < 4.78 is 27.7. The maximum absolute atomic E-state index is 13.0. The van der Waals surface area contributed by atoms with Gasteiger partial charge in [0.15, 0.2) is 0 Å². The quantitative estimate of drug-likeness (QED) is 0.652. The smallest absolute Gasteiger partial charge is 0.227 e. The van der Waals surface area contributed by atoms with E-state index in [0.29, 0.717) is 11.6 Å². The first-order valence-electron chi connectivity index (χ1n) is 10.2. The monoisotopic (exact) mass is 422 g/mol. The predicted octanol–water partition coefficient (Wildman–Crippen LogP) is 4.60. The first kappa shape index (κ1) is 20.6. The van der Waals surface area contributed by atoms with Crippen LogP contribution in [0.2, 0.25) is 0 Å². The van der Waals surface area contributed by atoms with Crippen LogP contribution in [-0.2, 0) is 9.84 Å². The molecule has 0 saturated carbocycles. The first-order chi connectivity index (χ1) is 14.3. The van der Waals surface area contributed by atoms with Crippen molar-refractivity contribution in [3.63, 3.8) is 0 Å². The van der Waals surface area contributed by atoms with Crippen molar-refractivity contribution in [2.24, 2.45) is 0 Å². The molecule has 30 heavy (non-hydrogen) atoms. The van der Waals surface area contributed by atoms with Crippen LogP contribution in [-0.4, -0.2) is 31.5 Å². The molecule has 1 aliphatic heterocycles. The number of benzene rings is 2. The predicted molar refractivity (Wildman–Crippen MR) is 120 cm³/mol. The molecule has 0 amide bonds. The van der Waals surface area contributed by atoms with Gasteiger partial charge in [0.2, 0.25) is 15.7 Å². The number of rotatable bonds is 5. The zero-order valence-electron chi connectivity index (χ0n) is 17.3. The van der Waals surface area contributed by atoms with Gasteiger partial charge in [-0.25, -0.2) is 8.42 Å². The van der Waals surface area contributed by atoms with Crippen molar-refractivity contribution < 1.29 is 13.2 Å². The second-order valence-electron chi connectivity index (χ2n) is 7.94. The third kappa shape index (κ3) is 3.50. The second kappa shape index (κ2) is 7.85. The van der Waals surface area contributed by atoms with E-state index in [4.69, 9.17) is 0 Å². The van der Waals surface area contributed by atoms with E-state index in [1.165, 1.54) is 6.92 Å². The minimum Gasteiger partial charge on any atom is -0.313 e. The number of hydrogen-bond donors (Lipinski definition) is 1. The van der Waals surface area contributed by atoms with Crippen LogP contribution in [0, 0.1) is 0 Å². The van der Waals surface area contributed by atoms with Gasteiger partial charge in [-0.3, -0.25) is 9.36 Å². The van der Waals surface area contributed by atoms with Crippen molar-refractivity contribution in [1.82, 2.24) is 9.88 Å². The van der Waals surface area contributed by atoms with Gasteiger partial charge in [-0.05, 0) is 60.7 Å². The summed E-state index contributed by atoms with van der Waals surface area (Å²) in [6.07, 6.45) is 4.12. The molecule has 6 heteroatoms. The lowest BCUT2D eigenvalue weighted by Crippen LogP contribution is -2.27. The normalized spacial score (nSPS) is 17.9. The van der Waals surface area contributed by atoms with E-state index < -0.39 is 9.84 Å². The molecule has 0 bridgehead atoms. The number of hydrogen-bond acceptors (Lipinski definition) is 4. The number of carbonyl (C=O) groups excluding carboxylic acids is 1. The largest absolute Gasteiger partial charge is 0.313 e. The molecule has 0 radical (unpaired) electrons. The highest BCUT2D eigenvalue weighted by Crippen LogP contribution is 2.35. The van der Waals surface area contributed by atoms with E-state index in [0.717, 1.165) is 35.9 Å². The van der Waals surface area contributed by atoms with E-state index in [1.54, 1.807) is 41.0 Å². The fraction of sp³-hybridized carbons (Fsp3) is 0.292. The van der Waals surface area contributed by atoms with Gasteiger partial charge in [-0.2, -0.15) is 0 Å². The van der Waals surface area contributed by atoms with Gasteiger partial charge in [0.05, 0.1) is 15.3 Å². The van der Waals surface area contributed by atoms with Gasteiger partial charge in [-0.15, -0.1) is 0 Å². The molecule has 3 aromatic rings. The number of aromatic nitrogens is 1. The Bertz CT molecular complexity index is 1220. The summed E-state index contributed by atoms with van der Waals surface area (Å²) in [5.41, 5.74) is 2.38. The average molecular weight is 423 g/mol. The molecule has 2 atom stereocenters. The molecular formula is C24H26N2O3S. The zero-order valence-corrected chi connectivity index (χ0v) is 18.1. The van der Waals surface area contributed by atoms with Crippen LogP contribution in [0.3, 0.4) is 0 Å². The molecule has 1 fully saturated rings. The third-order valence-corrected chi connectivity index (χ3v) is 7.84. The SMILES string of the molecule is C=C(c1ccc2c(c1)c(C(C)C1CCCN1)cn2C(C)=O)S(=O)(=O)c1ccccc1. The summed E-state index contributed by atoms with van der Waals surface area (Å²) in [5, 5.41) is 4.43. The fourth-order valence-electron chi connectivity index (χ4n) is 4.30. The standard InChI is InChI=1S/C24H26N2O3S/c1-16(23-10-7-13-25-23)22-15-26(18(3)27)24-12-11-19(14-21(22)24)17(2)30(28,29)20-8-5-4-6-9-20/h4-6,8-9,11-12,14-16,23,25H,2,7,10,13H2,1,3H3. The van der Waals surface area contributed by atoms with Crippen LogP contribution in [0.15, 0.2) is 66.2 Å². The summed E-state index contributed by atoms with van der Waals surface area (Å²) in [7, 11) is -3.70. The van der Waals surface area contributed by atoms with Crippen molar-refractivity contribution in [2.45, 2.75) is 43.5 Å². The molecule has 156 valence electrons. The molecule has 1 aromatic heterocycles. The van der Waals surface area contributed by atoms with Gasteiger partial charge < -0.3 is 5.32 Å². The summed E-state index contributed by atoms with van der Waals surface area (Å²) in [5.74, 6) is 0.131. The number of nitrogens with one attached hydrogen (secondary N) is 1. The van der Waals surface area contributed by atoms with Crippen LogP contribution in [0.25, 0.3) is 15.8 Å². The molecule has 0 spiro atoms. The Morgan fingerprint density at radius 2 is 1.93 bits per heavy atom. The van der Waals surface area contributed by atoms with Crippen molar-refractivity contribution in [2.75, 3.05) is 6.54 Å². The highest BCUT2D eigenvalue weighted by Gasteiger charge is 2.27. The van der Waals surface area contributed by atoms with Crippen molar-refractivity contribution in [3.05, 3.63) is 72.4 Å². The fourth-order valence-corrected chi connectivity index (χ4v) is 5.54. The molecular weight excluding hydrogens is 396 g/mol. The van der Waals surface area contributed by atoms with Crippen molar-refractivity contribution in [1.29, 1.82) is 0 Å². The summed E-state index contributed by atoms with van der Waals surface area (Å²) in [6.45, 7) is 8.59. The second-order valence-corrected chi connectivity index (χ2v) is 9.91. The molecule has 2 unspecified atom stereocenters. The number of nitrogens with zero attached hydrogens (tertiary/aromatic N) is 1. The van der Waals surface area contributed by atoms with E-state index in [2.05, 4.69) is 18.8 Å². The Balaban J connectivity index is 1.82. The Morgan fingerprint density at radius 3 is 2.57 bits per heavy atom. The topological polar surface area (TPSA) is 68.2 Å². The Kier molecular flexibility index (Phi) is 5.38. The van der Waals surface area contributed by atoms with Crippen LogP contribution < -0.4 is 5.32 Å². The average Bonchev–Trinajstić information content (AvgIpc) is 3.41. The van der Waals surface area contributed by atoms with E-state index in [1.807, 2.05) is 18.3 Å². The lowest BCUT2D eigenvalue weighted by atomic mass is 9.91. The zero-order chi connectivity index (χ0) is 21.5. The maximum atomic E-state index is 13.0. The van der Waals surface area contributed by atoms with Crippen LogP contribution in [0.1, 0.15) is 48.5 Å². The highest BCUT2D eigenvalue weighted by molar-refractivity contribution is 8.00. The molecule has 2 heterocycles. The Labute approximate surface area is 177 Å². The number of fused-ring (bicyclic) bond motifs is 1. The summed E-state index contributed by atoms with van der Waals surface area (Å²) in [4.78, 5) is 12.5. The van der Waals surface area contributed by atoms with Crippen molar-refractivity contribution >= 4 is 31.6 Å². The summed E-state index contributed by atoms with van der Waals surface area (Å²) in [6, 6.07) is 14.1. The first-order valence-corrected chi connectivity index (χ1v) is 11.7. The van der Waals surface area contributed by atoms with Gasteiger partial charge in [-0.1, -0.05) is 37.8 Å². The molecule has 4 rings (SSSR count). The van der Waals surface area contributed by atoms with Gasteiger partial charge in [0.25, 0.3) is 0 Å². The van der Waals surface area contributed by atoms with Gasteiger partial charge in [0, 0.05) is 24.5 Å². The molecule has 5 nitrogen and oxygen atoms in total. The minimum atomic E-state index is -3.70. The van der Waals surface area contributed by atoms with E-state index >= 15 is 0 Å².